The van der Waals surface area contributed by atoms with Gasteiger partial charge in [0.1, 0.15) is 5.75 Å². The van der Waals surface area contributed by atoms with Gasteiger partial charge < -0.3 is 15.0 Å². The molecule has 5 rings (SSSR count). The summed E-state index contributed by atoms with van der Waals surface area (Å²) < 4.78 is 34.4. The van der Waals surface area contributed by atoms with Crippen LogP contribution in [0.5, 0.6) is 11.5 Å². The Morgan fingerprint density at radius 2 is 1.64 bits per heavy atom. The van der Waals surface area contributed by atoms with E-state index in [9.17, 15) is 13.2 Å². The lowest BCUT2D eigenvalue weighted by molar-refractivity contribution is 0.188. The van der Waals surface area contributed by atoms with Gasteiger partial charge >= 0.3 is 6.03 Å². The van der Waals surface area contributed by atoms with Crippen LogP contribution in [0.2, 0.25) is 15.1 Å². The Balaban J connectivity index is 1.46. The van der Waals surface area contributed by atoms with E-state index in [0.717, 1.165) is 30.4 Å². The van der Waals surface area contributed by atoms with Crippen LogP contribution in [-0.2, 0) is 16.4 Å². The zero-order valence-corrected chi connectivity index (χ0v) is 24.4. The van der Waals surface area contributed by atoms with Crippen molar-refractivity contribution in [1.29, 1.82) is 0 Å². The molecule has 2 heterocycles. The van der Waals surface area contributed by atoms with Gasteiger partial charge in [0.2, 0.25) is 10.0 Å². The highest BCUT2D eigenvalue weighted by Gasteiger charge is 2.31. The van der Waals surface area contributed by atoms with Crippen molar-refractivity contribution in [3.63, 3.8) is 0 Å². The van der Waals surface area contributed by atoms with E-state index in [2.05, 4.69) is 5.32 Å². The fourth-order valence-electron chi connectivity index (χ4n) is 5.06. The average Bonchev–Trinajstić information content (AvgIpc) is 2.92. The average molecular weight is 609 g/mol. The molecule has 1 saturated heterocycles. The predicted octanol–water partition coefficient (Wildman–Crippen LogP) is 7.76. The molecule has 3 aromatic carbocycles. The van der Waals surface area contributed by atoms with Crippen LogP contribution in [0.3, 0.4) is 0 Å². The zero-order chi connectivity index (χ0) is 27.7. The summed E-state index contributed by atoms with van der Waals surface area (Å²) in [6.45, 7) is 3.29. The van der Waals surface area contributed by atoms with Crippen molar-refractivity contribution in [3.05, 3.63) is 80.8 Å². The number of urea groups is 1. The van der Waals surface area contributed by atoms with Crippen LogP contribution in [0, 0.1) is 0 Å². The number of nitrogens with one attached hydrogen (secondary N) is 1. The quantitative estimate of drug-likeness (QED) is 0.321. The van der Waals surface area contributed by atoms with Crippen LogP contribution in [0.25, 0.3) is 0 Å². The minimum absolute atomic E-state index is 0.0961. The van der Waals surface area contributed by atoms with Gasteiger partial charge in [-0.05, 0) is 91.9 Å². The lowest BCUT2D eigenvalue weighted by Gasteiger charge is -2.36. The third kappa shape index (κ3) is 6.00. The molecule has 7 nitrogen and oxygen atoms in total. The number of nitrogens with zero attached hydrogens (tertiary/aromatic N) is 2. The molecule has 2 amide bonds. The molecule has 3 aromatic rings. The molecule has 39 heavy (non-hydrogen) atoms. The maximum absolute atomic E-state index is 13.6. The largest absolute Gasteiger partial charge is 0.455 e. The molecule has 0 saturated carbocycles. The van der Waals surface area contributed by atoms with E-state index in [1.54, 1.807) is 41.3 Å². The summed E-state index contributed by atoms with van der Waals surface area (Å²) in [5, 5.41) is 4.54. The van der Waals surface area contributed by atoms with Gasteiger partial charge in [-0.25, -0.2) is 13.2 Å². The number of ether oxygens (including phenoxy) is 1. The lowest BCUT2D eigenvalue weighted by Crippen LogP contribution is -2.41. The fourth-order valence-corrected chi connectivity index (χ4v) is 7.33. The van der Waals surface area contributed by atoms with Crippen molar-refractivity contribution in [2.45, 2.75) is 43.5 Å². The number of fused-ring (bicyclic) bond motifs is 1. The van der Waals surface area contributed by atoms with E-state index in [-0.39, 0.29) is 16.6 Å². The summed E-state index contributed by atoms with van der Waals surface area (Å²) in [7, 11) is -3.73. The Morgan fingerprint density at radius 1 is 0.923 bits per heavy atom. The molecule has 0 spiro atoms. The van der Waals surface area contributed by atoms with Gasteiger partial charge in [0.15, 0.2) is 5.75 Å². The Labute approximate surface area is 243 Å². The van der Waals surface area contributed by atoms with Crippen molar-refractivity contribution < 1.29 is 17.9 Å². The third-order valence-electron chi connectivity index (χ3n) is 7.16. The minimum atomic E-state index is -3.73. The molecule has 1 atom stereocenters. The van der Waals surface area contributed by atoms with Gasteiger partial charge in [0, 0.05) is 34.7 Å². The Hall–Kier alpha value is -2.49. The van der Waals surface area contributed by atoms with E-state index < -0.39 is 16.1 Å². The Morgan fingerprint density at radius 3 is 2.36 bits per heavy atom. The molecule has 2 aliphatic heterocycles. The second kappa shape index (κ2) is 11.6. The first kappa shape index (κ1) is 28.1. The fraction of sp³-hybridized carbons (Fsp3) is 0.321. The monoisotopic (exact) mass is 607 g/mol. The zero-order valence-electron chi connectivity index (χ0n) is 21.3. The van der Waals surface area contributed by atoms with E-state index in [1.807, 2.05) is 13.0 Å². The van der Waals surface area contributed by atoms with E-state index in [1.165, 1.54) is 16.4 Å². The molecular formula is C28H28Cl3N3O4S. The normalized spacial score (nSPS) is 17.9. The highest BCUT2D eigenvalue weighted by atomic mass is 35.5. The maximum Gasteiger partial charge on any atom is 0.322 e. The molecule has 1 N–H and O–H groups in total. The maximum atomic E-state index is 13.6. The number of carbonyl (C=O) groups is 1. The van der Waals surface area contributed by atoms with Crippen LogP contribution in [-0.4, -0.2) is 43.3 Å². The summed E-state index contributed by atoms with van der Waals surface area (Å²) >= 11 is 18.7. The van der Waals surface area contributed by atoms with Crippen molar-refractivity contribution in [3.8, 4) is 11.5 Å². The first-order chi connectivity index (χ1) is 18.6. The first-order valence-electron chi connectivity index (χ1n) is 12.8. The second-order valence-corrected chi connectivity index (χ2v) is 12.9. The first-order valence-corrected chi connectivity index (χ1v) is 15.3. The number of benzene rings is 3. The number of halogens is 3. The number of hydrogen-bond donors (Lipinski definition) is 1. The lowest BCUT2D eigenvalue weighted by atomic mass is 9.94. The summed E-state index contributed by atoms with van der Waals surface area (Å²) in [5.41, 5.74) is 2.10. The van der Waals surface area contributed by atoms with Gasteiger partial charge in [-0.15, -0.1) is 0 Å². The summed E-state index contributed by atoms with van der Waals surface area (Å²) in [6, 6.07) is 14.2. The van der Waals surface area contributed by atoms with Gasteiger partial charge in [-0.3, -0.25) is 0 Å². The highest BCUT2D eigenvalue weighted by Crippen LogP contribution is 2.38. The van der Waals surface area contributed by atoms with Crippen molar-refractivity contribution in [2.24, 2.45) is 0 Å². The molecule has 0 aliphatic carbocycles. The summed E-state index contributed by atoms with van der Waals surface area (Å²) in [5.74, 6) is 0.797. The number of rotatable bonds is 5. The molecule has 11 heteroatoms. The number of piperidine rings is 1. The number of hydrogen-bond acceptors (Lipinski definition) is 4. The van der Waals surface area contributed by atoms with E-state index in [0.29, 0.717) is 52.6 Å². The van der Waals surface area contributed by atoms with Crippen molar-refractivity contribution >= 4 is 56.5 Å². The van der Waals surface area contributed by atoms with Gasteiger partial charge in [-0.2, -0.15) is 4.31 Å². The number of anilines is 1. The molecule has 2 aliphatic rings. The number of sulfonamides is 1. The van der Waals surface area contributed by atoms with Crippen LogP contribution in [0.4, 0.5) is 10.5 Å². The smallest absolute Gasteiger partial charge is 0.322 e. The van der Waals surface area contributed by atoms with E-state index >= 15 is 0 Å². The van der Waals surface area contributed by atoms with Crippen LogP contribution >= 0.6 is 34.8 Å². The van der Waals surface area contributed by atoms with Crippen LogP contribution < -0.4 is 10.1 Å². The SMILES string of the molecule is CC1c2cc(Cl)cc(Cl)c2CCN1C(=O)Nc1cc(S(=O)(=O)N2CCCCC2)ccc1Oc1ccc(Cl)cc1. The summed E-state index contributed by atoms with van der Waals surface area (Å²) in [4.78, 5) is 15.4. The molecular weight excluding hydrogens is 581 g/mol. The standard InChI is InChI=1S/C28H28Cl3N3O4S/c1-18-24-15-20(30)16-25(31)23(24)11-14-34(18)28(35)32-26-17-22(39(36,37)33-12-3-2-4-13-33)9-10-27(26)38-21-7-5-19(29)6-8-21/h5-10,15-18H,2-4,11-14H2,1H3,(H,32,35). The van der Waals surface area contributed by atoms with Crippen molar-refractivity contribution in [2.75, 3.05) is 25.0 Å². The van der Waals surface area contributed by atoms with E-state index in [4.69, 9.17) is 39.5 Å². The topological polar surface area (TPSA) is 79.0 Å². The second-order valence-electron chi connectivity index (χ2n) is 9.68. The molecule has 0 radical (unpaired) electrons. The number of carbonyl (C=O) groups excluding carboxylic acids is 1. The Kier molecular flexibility index (Phi) is 8.31. The minimum Gasteiger partial charge on any atom is -0.455 e. The Bertz CT molecular complexity index is 1490. The molecule has 0 bridgehead atoms. The third-order valence-corrected chi connectivity index (χ3v) is 9.86. The van der Waals surface area contributed by atoms with Gasteiger partial charge in [0.05, 0.1) is 16.6 Å². The highest BCUT2D eigenvalue weighted by molar-refractivity contribution is 7.89. The van der Waals surface area contributed by atoms with Crippen LogP contribution in [0.1, 0.15) is 43.4 Å². The molecule has 1 fully saturated rings. The predicted molar refractivity (Wildman–Crippen MR) is 155 cm³/mol. The molecule has 1 unspecified atom stereocenters. The molecule has 206 valence electrons. The number of amides is 2. The summed E-state index contributed by atoms with van der Waals surface area (Å²) in [6.07, 6.45) is 3.22. The van der Waals surface area contributed by atoms with Crippen molar-refractivity contribution in [1.82, 2.24) is 9.21 Å². The van der Waals surface area contributed by atoms with Gasteiger partial charge in [-0.1, -0.05) is 41.2 Å². The van der Waals surface area contributed by atoms with Gasteiger partial charge in [0.25, 0.3) is 0 Å². The van der Waals surface area contributed by atoms with Crippen LogP contribution in [0.15, 0.2) is 59.5 Å². The molecule has 0 aromatic heterocycles.